The van der Waals surface area contributed by atoms with E-state index in [1.165, 1.54) is 0 Å². The molecule has 3 nitrogen and oxygen atoms in total. The van der Waals surface area contributed by atoms with Crippen LogP contribution in [0.25, 0.3) is 0 Å². The van der Waals surface area contributed by atoms with E-state index >= 15 is 0 Å². The van der Waals surface area contributed by atoms with Gasteiger partial charge in [-0.2, -0.15) is 0 Å². The van der Waals surface area contributed by atoms with Crippen molar-refractivity contribution in [3.8, 4) is 11.5 Å². The monoisotopic (exact) mass is 198 g/mol. The van der Waals surface area contributed by atoms with Crippen molar-refractivity contribution in [2.24, 2.45) is 0 Å². The summed E-state index contributed by atoms with van der Waals surface area (Å²) in [5, 5.41) is 0. The molecule has 1 aromatic carbocycles. The van der Waals surface area contributed by atoms with Gasteiger partial charge in [0, 0.05) is 11.8 Å². The molecule has 0 spiro atoms. The Morgan fingerprint density at radius 2 is 1.87 bits per heavy atom. The molecule has 1 radical (unpaired) electrons. The fraction of sp³-hybridized carbons (Fsp3) is 0. The van der Waals surface area contributed by atoms with Gasteiger partial charge >= 0.3 is 0 Å². The molecule has 2 rings (SSSR count). The van der Waals surface area contributed by atoms with Crippen molar-refractivity contribution in [2.45, 2.75) is 0 Å². The summed E-state index contributed by atoms with van der Waals surface area (Å²) in [6.45, 7) is 0. The number of aromatic nitrogens is 1. The molecule has 0 aliphatic rings. The number of ether oxygens (including phenoxy) is 1. The van der Waals surface area contributed by atoms with Gasteiger partial charge in [-0.25, -0.2) is 0 Å². The standard InChI is InChI=1S/C12H8NO2/c14-9-10-3-5-11(6-4-10)15-12-2-1-7-13-8-12/h1-8H. The van der Waals surface area contributed by atoms with E-state index in [1.807, 2.05) is 6.07 Å². The van der Waals surface area contributed by atoms with Crippen LogP contribution in [0.5, 0.6) is 11.5 Å². The zero-order valence-corrected chi connectivity index (χ0v) is 7.88. The van der Waals surface area contributed by atoms with E-state index in [0.717, 1.165) is 0 Å². The molecule has 73 valence electrons. The Morgan fingerprint density at radius 1 is 1.07 bits per heavy atom. The van der Waals surface area contributed by atoms with Crippen molar-refractivity contribution < 1.29 is 9.53 Å². The molecule has 0 atom stereocenters. The van der Waals surface area contributed by atoms with Crippen molar-refractivity contribution in [2.75, 3.05) is 0 Å². The summed E-state index contributed by atoms with van der Waals surface area (Å²) in [4.78, 5) is 14.2. The molecule has 1 heterocycles. The molecule has 3 heteroatoms. The van der Waals surface area contributed by atoms with Crippen LogP contribution in [0.2, 0.25) is 0 Å². The zero-order chi connectivity index (χ0) is 10.5. The fourth-order valence-electron chi connectivity index (χ4n) is 1.13. The first-order chi connectivity index (χ1) is 7.38. The molecule has 0 unspecified atom stereocenters. The molecule has 0 aliphatic carbocycles. The minimum atomic E-state index is 0.508. The molecule has 0 saturated carbocycles. The second kappa shape index (κ2) is 4.37. The quantitative estimate of drug-likeness (QED) is 0.759. The number of hydrogen-bond donors (Lipinski definition) is 0. The highest BCUT2D eigenvalue weighted by atomic mass is 16.5. The van der Waals surface area contributed by atoms with Crippen LogP contribution in [0.15, 0.2) is 48.8 Å². The molecular formula is C12H8NO2. The lowest BCUT2D eigenvalue weighted by atomic mass is 10.2. The normalized spacial score (nSPS) is 9.60. The lowest BCUT2D eigenvalue weighted by molar-refractivity contribution is 0.480. The van der Waals surface area contributed by atoms with Gasteiger partial charge in [-0.15, -0.1) is 0 Å². The maximum atomic E-state index is 10.3. The predicted octanol–water partition coefficient (Wildman–Crippen LogP) is 2.33. The van der Waals surface area contributed by atoms with E-state index in [2.05, 4.69) is 4.98 Å². The molecule has 0 N–H and O–H groups in total. The average molecular weight is 198 g/mol. The molecule has 0 saturated heterocycles. The molecule has 1 aromatic heterocycles. The highest BCUT2D eigenvalue weighted by molar-refractivity contribution is 5.75. The third kappa shape index (κ3) is 2.40. The van der Waals surface area contributed by atoms with E-state index in [4.69, 9.17) is 4.74 Å². The van der Waals surface area contributed by atoms with Crippen LogP contribution in [0.4, 0.5) is 0 Å². The average Bonchev–Trinajstić information content (AvgIpc) is 2.31. The number of rotatable bonds is 3. The minimum Gasteiger partial charge on any atom is -0.456 e. The largest absolute Gasteiger partial charge is 0.456 e. The molecule has 0 amide bonds. The van der Waals surface area contributed by atoms with Gasteiger partial charge in [-0.3, -0.25) is 9.78 Å². The molecular weight excluding hydrogens is 190 g/mol. The third-order valence-corrected chi connectivity index (χ3v) is 1.84. The van der Waals surface area contributed by atoms with Crippen LogP contribution in [0.1, 0.15) is 5.56 Å². The summed E-state index contributed by atoms with van der Waals surface area (Å²) in [5.41, 5.74) is 0.508. The number of nitrogens with zero attached hydrogens (tertiary/aromatic N) is 1. The maximum Gasteiger partial charge on any atom is 0.233 e. The number of benzene rings is 1. The first-order valence-electron chi connectivity index (χ1n) is 4.44. The van der Waals surface area contributed by atoms with E-state index in [9.17, 15) is 4.79 Å². The van der Waals surface area contributed by atoms with Crippen LogP contribution in [-0.2, 0) is 4.79 Å². The van der Waals surface area contributed by atoms with Gasteiger partial charge in [0.25, 0.3) is 0 Å². The Bertz CT molecular complexity index is 437. The van der Waals surface area contributed by atoms with E-state index in [0.29, 0.717) is 17.1 Å². The van der Waals surface area contributed by atoms with Crippen molar-refractivity contribution in [3.05, 3.63) is 54.4 Å². The summed E-state index contributed by atoms with van der Waals surface area (Å²) in [6.07, 6.45) is 5.10. The molecule has 0 aliphatic heterocycles. The van der Waals surface area contributed by atoms with Gasteiger partial charge in [0.05, 0.1) is 6.20 Å². The maximum absolute atomic E-state index is 10.3. The van der Waals surface area contributed by atoms with E-state index in [-0.39, 0.29) is 0 Å². The van der Waals surface area contributed by atoms with Crippen molar-refractivity contribution in [3.63, 3.8) is 0 Å². The number of pyridine rings is 1. The van der Waals surface area contributed by atoms with E-state index < -0.39 is 0 Å². The van der Waals surface area contributed by atoms with Crippen LogP contribution < -0.4 is 4.74 Å². The lowest BCUT2D eigenvalue weighted by Gasteiger charge is -2.03. The highest BCUT2D eigenvalue weighted by Crippen LogP contribution is 2.19. The van der Waals surface area contributed by atoms with Gasteiger partial charge in [0.15, 0.2) is 0 Å². The Labute approximate surface area is 87.3 Å². The van der Waals surface area contributed by atoms with Crippen molar-refractivity contribution >= 4 is 6.29 Å². The summed E-state index contributed by atoms with van der Waals surface area (Å²) >= 11 is 0. The number of hydrogen-bond acceptors (Lipinski definition) is 3. The smallest absolute Gasteiger partial charge is 0.233 e. The highest BCUT2D eigenvalue weighted by Gasteiger charge is 1.96. The van der Waals surface area contributed by atoms with Gasteiger partial charge < -0.3 is 4.74 Å². The van der Waals surface area contributed by atoms with Crippen LogP contribution in [0.3, 0.4) is 0 Å². The molecule has 0 bridgehead atoms. The Morgan fingerprint density at radius 3 is 2.47 bits per heavy atom. The lowest BCUT2D eigenvalue weighted by Crippen LogP contribution is -1.85. The van der Waals surface area contributed by atoms with Crippen LogP contribution in [0, 0.1) is 0 Å². The number of carbonyl (C=O) groups excluding carboxylic acids is 1. The summed E-state index contributed by atoms with van der Waals surface area (Å²) in [7, 11) is 0. The predicted molar refractivity (Wildman–Crippen MR) is 55.5 cm³/mol. The molecule has 2 aromatic rings. The van der Waals surface area contributed by atoms with Crippen molar-refractivity contribution in [1.29, 1.82) is 0 Å². The minimum absolute atomic E-state index is 0.508. The van der Waals surface area contributed by atoms with Gasteiger partial charge in [0.1, 0.15) is 11.5 Å². The van der Waals surface area contributed by atoms with Crippen LogP contribution >= 0.6 is 0 Å². The first-order valence-corrected chi connectivity index (χ1v) is 4.44. The molecule has 0 fully saturated rings. The van der Waals surface area contributed by atoms with Gasteiger partial charge in [-0.05, 0) is 36.4 Å². The second-order valence-electron chi connectivity index (χ2n) is 2.92. The zero-order valence-electron chi connectivity index (χ0n) is 7.88. The first kappa shape index (κ1) is 9.40. The topological polar surface area (TPSA) is 39.2 Å². The Balaban J connectivity index is 2.15. The molecule has 15 heavy (non-hydrogen) atoms. The SMILES string of the molecule is O=[C]c1ccc(Oc2cccnc2)cc1. The van der Waals surface area contributed by atoms with Gasteiger partial charge in [-0.1, -0.05) is 0 Å². The fourth-order valence-corrected chi connectivity index (χ4v) is 1.13. The Kier molecular flexibility index (Phi) is 2.74. The van der Waals surface area contributed by atoms with Crippen LogP contribution in [-0.4, -0.2) is 11.3 Å². The summed E-state index contributed by atoms with van der Waals surface area (Å²) < 4.78 is 5.49. The third-order valence-electron chi connectivity index (χ3n) is 1.84. The Hall–Kier alpha value is -2.16. The van der Waals surface area contributed by atoms with Crippen molar-refractivity contribution in [1.82, 2.24) is 4.98 Å². The summed E-state index contributed by atoms with van der Waals surface area (Å²) in [5.74, 6) is 1.34. The van der Waals surface area contributed by atoms with E-state index in [1.54, 1.807) is 49.0 Å². The summed E-state index contributed by atoms with van der Waals surface area (Å²) in [6, 6.07) is 10.3. The van der Waals surface area contributed by atoms with Gasteiger partial charge in [0.2, 0.25) is 6.29 Å². The second-order valence-corrected chi connectivity index (χ2v) is 2.92.